The smallest absolute Gasteiger partial charge is 0.316 e. The molecule has 0 saturated carbocycles. The van der Waals surface area contributed by atoms with E-state index in [0.717, 1.165) is 18.8 Å². The van der Waals surface area contributed by atoms with E-state index in [-0.39, 0.29) is 0 Å². The molecule has 0 atom stereocenters. The number of carbonyl (C=O) groups is 1. The van der Waals surface area contributed by atoms with Crippen LogP contribution < -0.4 is 11.1 Å². The third-order valence-electron chi connectivity index (χ3n) is 2.35. The lowest BCUT2D eigenvalue weighted by atomic mass is 10.1. The largest absolute Gasteiger partial charge is 0.351 e. The third kappa shape index (κ3) is 1.70. The summed E-state index contributed by atoms with van der Waals surface area (Å²) < 4.78 is 0. The van der Waals surface area contributed by atoms with Crippen LogP contribution in [0.1, 0.15) is 11.1 Å². The van der Waals surface area contributed by atoms with Crippen molar-refractivity contribution >= 4 is 11.7 Å². The molecule has 0 aromatic heterocycles. The summed E-state index contributed by atoms with van der Waals surface area (Å²) in [5.41, 5.74) is 8.39. The third-order valence-corrected chi connectivity index (χ3v) is 2.35. The molecule has 1 heterocycles. The molecule has 4 nitrogen and oxygen atoms in total. The molecule has 1 aliphatic rings. The fraction of sp³-hybridized carbons (Fsp3) is 0.300. The summed E-state index contributed by atoms with van der Waals surface area (Å²) in [5, 5.41) is 2.57. The zero-order chi connectivity index (χ0) is 10.1. The molecule has 14 heavy (non-hydrogen) atoms. The topological polar surface area (TPSA) is 58.4 Å². The number of urea groups is 1. The molecule has 0 unspecified atom stereocenters. The van der Waals surface area contributed by atoms with Crippen LogP contribution in [0.15, 0.2) is 18.2 Å². The summed E-state index contributed by atoms with van der Waals surface area (Å²) in [6, 6.07) is 5.37. The van der Waals surface area contributed by atoms with Crippen LogP contribution in [-0.2, 0) is 13.1 Å². The molecule has 0 radical (unpaired) electrons. The van der Waals surface area contributed by atoms with Crippen molar-refractivity contribution in [1.29, 1.82) is 0 Å². The van der Waals surface area contributed by atoms with Crippen molar-refractivity contribution in [1.82, 2.24) is 4.90 Å². The summed E-state index contributed by atoms with van der Waals surface area (Å²) in [6.45, 7) is 1.91. The second kappa shape index (κ2) is 3.31. The monoisotopic (exact) mass is 191 g/mol. The molecular formula is C10H13N3O. The minimum absolute atomic E-state index is 0.517. The van der Waals surface area contributed by atoms with E-state index in [4.69, 9.17) is 5.73 Å². The second-order valence-corrected chi connectivity index (χ2v) is 3.65. The molecule has 0 spiro atoms. The maximum Gasteiger partial charge on any atom is 0.316 e. The molecule has 1 aliphatic heterocycles. The van der Waals surface area contributed by atoms with E-state index in [9.17, 15) is 4.79 Å². The highest BCUT2D eigenvalue weighted by Crippen LogP contribution is 2.24. The van der Waals surface area contributed by atoms with Gasteiger partial charge < -0.3 is 11.1 Å². The van der Waals surface area contributed by atoms with Crippen molar-refractivity contribution in [2.24, 2.45) is 5.73 Å². The molecule has 3 N–H and O–H groups in total. The molecule has 0 aliphatic carbocycles. The Morgan fingerprint density at radius 1 is 1.43 bits per heavy atom. The normalized spacial score (nSPS) is 15.2. The Morgan fingerprint density at radius 2 is 2.14 bits per heavy atom. The predicted octanol–water partition coefficient (Wildman–Crippen LogP) is 1.12. The average Bonchev–Trinajstić information content (AvgIpc) is 2.42. The minimum Gasteiger partial charge on any atom is -0.351 e. The number of hydrogen-bond acceptors (Lipinski definition) is 2. The molecule has 2 amide bonds. The number of nitrogens with one attached hydrogen (secondary N) is 1. The van der Waals surface area contributed by atoms with Crippen molar-refractivity contribution in [2.45, 2.75) is 13.1 Å². The molecule has 2 rings (SSSR count). The number of nitrogens with two attached hydrogens (primary N) is 1. The fourth-order valence-corrected chi connectivity index (χ4v) is 1.78. The van der Waals surface area contributed by atoms with Crippen LogP contribution in [0.4, 0.5) is 10.5 Å². The highest BCUT2D eigenvalue weighted by Gasteiger charge is 2.15. The van der Waals surface area contributed by atoms with E-state index in [1.807, 2.05) is 18.2 Å². The van der Waals surface area contributed by atoms with Crippen LogP contribution in [0.5, 0.6) is 0 Å². The minimum atomic E-state index is -0.517. The molecular weight excluding hydrogens is 178 g/mol. The van der Waals surface area contributed by atoms with Gasteiger partial charge in [-0.15, -0.1) is 0 Å². The Balaban J connectivity index is 2.24. The van der Waals surface area contributed by atoms with Gasteiger partial charge in [0.15, 0.2) is 0 Å². The Labute approximate surface area is 82.7 Å². The van der Waals surface area contributed by atoms with Gasteiger partial charge in [-0.05, 0) is 30.3 Å². The van der Waals surface area contributed by atoms with Crippen molar-refractivity contribution in [3.05, 3.63) is 29.3 Å². The van der Waals surface area contributed by atoms with Crippen LogP contribution >= 0.6 is 0 Å². The van der Waals surface area contributed by atoms with Crippen LogP contribution in [0.25, 0.3) is 0 Å². The first-order valence-corrected chi connectivity index (χ1v) is 4.52. The fourth-order valence-electron chi connectivity index (χ4n) is 1.78. The number of fused-ring (bicyclic) bond motifs is 1. The van der Waals surface area contributed by atoms with E-state index in [1.165, 1.54) is 11.1 Å². The van der Waals surface area contributed by atoms with Gasteiger partial charge in [0, 0.05) is 18.8 Å². The number of rotatable bonds is 1. The first-order chi connectivity index (χ1) is 6.65. The van der Waals surface area contributed by atoms with E-state index >= 15 is 0 Å². The number of hydrogen-bond donors (Lipinski definition) is 2. The molecule has 1 aromatic rings. The van der Waals surface area contributed by atoms with Gasteiger partial charge in [0.1, 0.15) is 0 Å². The Morgan fingerprint density at radius 3 is 2.86 bits per heavy atom. The molecule has 4 heteroatoms. The Kier molecular flexibility index (Phi) is 2.13. The van der Waals surface area contributed by atoms with Crippen molar-refractivity contribution in [2.75, 3.05) is 12.4 Å². The lowest BCUT2D eigenvalue weighted by Gasteiger charge is -2.03. The number of primary amides is 1. The summed E-state index contributed by atoms with van der Waals surface area (Å²) in [7, 11) is 2.07. The molecule has 0 bridgehead atoms. The summed E-state index contributed by atoms with van der Waals surface area (Å²) in [5.74, 6) is 0. The van der Waals surface area contributed by atoms with Crippen LogP contribution in [0, 0.1) is 0 Å². The number of anilines is 1. The van der Waals surface area contributed by atoms with Gasteiger partial charge in [0.25, 0.3) is 0 Å². The second-order valence-electron chi connectivity index (χ2n) is 3.65. The molecule has 0 fully saturated rings. The number of amides is 2. The highest BCUT2D eigenvalue weighted by molar-refractivity contribution is 5.87. The van der Waals surface area contributed by atoms with Crippen LogP contribution in [0.3, 0.4) is 0 Å². The Hall–Kier alpha value is -1.55. The number of carbonyl (C=O) groups excluding carboxylic acids is 1. The van der Waals surface area contributed by atoms with E-state index < -0.39 is 6.03 Å². The highest BCUT2D eigenvalue weighted by atomic mass is 16.2. The summed E-state index contributed by atoms with van der Waals surface area (Å²) in [4.78, 5) is 12.9. The zero-order valence-corrected chi connectivity index (χ0v) is 8.08. The number of nitrogens with zero attached hydrogens (tertiary/aromatic N) is 1. The Bertz CT molecular complexity index is 376. The van der Waals surface area contributed by atoms with E-state index in [1.54, 1.807) is 0 Å². The van der Waals surface area contributed by atoms with Gasteiger partial charge in [-0.25, -0.2) is 4.79 Å². The maximum atomic E-state index is 10.6. The maximum absolute atomic E-state index is 10.6. The quantitative estimate of drug-likeness (QED) is 0.699. The molecule has 74 valence electrons. The van der Waals surface area contributed by atoms with Gasteiger partial charge in [-0.1, -0.05) is 6.07 Å². The van der Waals surface area contributed by atoms with Crippen LogP contribution in [-0.4, -0.2) is 18.0 Å². The van der Waals surface area contributed by atoms with E-state index in [0.29, 0.717) is 0 Å². The van der Waals surface area contributed by atoms with Gasteiger partial charge in [-0.3, -0.25) is 4.90 Å². The van der Waals surface area contributed by atoms with Crippen molar-refractivity contribution in [3.63, 3.8) is 0 Å². The lowest BCUT2D eigenvalue weighted by Crippen LogP contribution is -2.19. The van der Waals surface area contributed by atoms with Crippen molar-refractivity contribution in [3.8, 4) is 0 Å². The van der Waals surface area contributed by atoms with Gasteiger partial charge in [0.2, 0.25) is 0 Å². The average molecular weight is 191 g/mol. The lowest BCUT2D eigenvalue weighted by molar-refractivity contribution is 0.259. The molecule has 0 saturated heterocycles. The standard InChI is InChI=1S/C10H13N3O/c1-13-5-7-2-3-9(12-10(11)14)4-8(7)6-13/h2-4H,5-6H2,1H3,(H3,11,12,14). The summed E-state index contributed by atoms with van der Waals surface area (Å²) in [6.07, 6.45) is 0. The predicted molar refractivity (Wildman–Crippen MR) is 54.8 cm³/mol. The van der Waals surface area contributed by atoms with Gasteiger partial charge in [0.05, 0.1) is 0 Å². The van der Waals surface area contributed by atoms with E-state index in [2.05, 4.69) is 17.3 Å². The molecule has 1 aromatic carbocycles. The first kappa shape index (κ1) is 9.02. The summed E-state index contributed by atoms with van der Waals surface area (Å²) >= 11 is 0. The van der Waals surface area contributed by atoms with Crippen LogP contribution in [0.2, 0.25) is 0 Å². The van der Waals surface area contributed by atoms with Crippen molar-refractivity contribution < 1.29 is 4.79 Å². The SMILES string of the molecule is CN1Cc2ccc(NC(N)=O)cc2C1. The van der Waals surface area contributed by atoms with Gasteiger partial charge in [-0.2, -0.15) is 0 Å². The first-order valence-electron chi connectivity index (χ1n) is 4.52. The van der Waals surface area contributed by atoms with Gasteiger partial charge >= 0.3 is 6.03 Å². The zero-order valence-electron chi connectivity index (χ0n) is 8.08. The number of benzene rings is 1.